The van der Waals surface area contributed by atoms with Crippen LogP contribution in [0.15, 0.2) is 47.5 Å². The van der Waals surface area contributed by atoms with E-state index in [1.807, 2.05) is 36.6 Å². The van der Waals surface area contributed by atoms with Crippen molar-refractivity contribution in [1.82, 2.24) is 20.1 Å². The standard InChI is InChI=1S/C23H22ClN5O4/c1-3-25-20(30)11-18-23-28-27-13(2)29(23)19-9-8-16(33-12-21(31)32)10-17(19)22(26-18)14-4-6-15(24)7-5-14/h4-10,18H,3,11-12H2,1-2H3,(H,25,30)(H,31,32)/t18-/m0/s1. The van der Waals surface area contributed by atoms with Gasteiger partial charge < -0.3 is 15.2 Å². The number of fused-ring (bicyclic) bond motifs is 3. The summed E-state index contributed by atoms with van der Waals surface area (Å²) < 4.78 is 7.29. The van der Waals surface area contributed by atoms with E-state index in [0.717, 1.165) is 11.3 Å². The molecule has 4 rings (SSSR count). The first-order chi connectivity index (χ1) is 15.9. The zero-order valence-electron chi connectivity index (χ0n) is 18.1. The minimum Gasteiger partial charge on any atom is -0.482 e. The first-order valence-electron chi connectivity index (χ1n) is 10.4. The Morgan fingerprint density at radius 3 is 2.64 bits per heavy atom. The normalized spacial score (nSPS) is 14.5. The molecule has 0 bridgehead atoms. The number of aliphatic imine (C=N–C) groups is 1. The quantitative estimate of drug-likeness (QED) is 0.551. The van der Waals surface area contributed by atoms with E-state index in [1.54, 1.807) is 24.3 Å². The van der Waals surface area contributed by atoms with Gasteiger partial charge in [0.15, 0.2) is 12.4 Å². The lowest BCUT2D eigenvalue weighted by Crippen LogP contribution is -2.25. The molecule has 0 unspecified atom stereocenters. The van der Waals surface area contributed by atoms with Gasteiger partial charge in [-0.3, -0.25) is 14.4 Å². The Morgan fingerprint density at radius 2 is 1.94 bits per heavy atom. The highest BCUT2D eigenvalue weighted by atomic mass is 35.5. The van der Waals surface area contributed by atoms with Crippen LogP contribution >= 0.6 is 11.6 Å². The predicted molar refractivity (Wildman–Crippen MR) is 122 cm³/mol. The number of carbonyl (C=O) groups is 2. The number of aromatic nitrogens is 3. The molecular weight excluding hydrogens is 446 g/mol. The topological polar surface area (TPSA) is 119 Å². The van der Waals surface area contributed by atoms with Crippen LogP contribution in [0.5, 0.6) is 5.75 Å². The van der Waals surface area contributed by atoms with Gasteiger partial charge in [-0.15, -0.1) is 10.2 Å². The SMILES string of the molecule is CCNC(=O)C[C@@H]1N=C(c2ccc(Cl)cc2)c2cc(OCC(=O)O)ccc2-n2c(C)nnc21. The third-order valence-electron chi connectivity index (χ3n) is 5.13. The summed E-state index contributed by atoms with van der Waals surface area (Å²) in [5, 5.41) is 20.9. The summed E-state index contributed by atoms with van der Waals surface area (Å²) in [5.74, 6) is 0.343. The highest BCUT2D eigenvalue weighted by molar-refractivity contribution is 6.30. The number of carboxylic acid groups (broad SMARTS) is 1. The molecule has 9 nitrogen and oxygen atoms in total. The van der Waals surface area contributed by atoms with Crippen LogP contribution in [0.1, 0.15) is 42.2 Å². The van der Waals surface area contributed by atoms with Crippen LogP contribution in [0, 0.1) is 6.92 Å². The summed E-state index contributed by atoms with van der Waals surface area (Å²) in [6, 6.07) is 11.9. The van der Waals surface area contributed by atoms with Crippen LogP contribution in [0.3, 0.4) is 0 Å². The fraction of sp³-hybridized carbons (Fsp3) is 0.261. The molecule has 2 heterocycles. The van der Waals surface area contributed by atoms with E-state index in [2.05, 4.69) is 15.5 Å². The number of hydrogen-bond donors (Lipinski definition) is 2. The molecule has 33 heavy (non-hydrogen) atoms. The van der Waals surface area contributed by atoms with E-state index in [9.17, 15) is 9.59 Å². The number of rotatable bonds is 7. The second kappa shape index (κ2) is 9.41. The second-order valence-electron chi connectivity index (χ2n) is 7.46. The maximum absolute atomic E-state index is 12.5. The third-order valence-corrected chi connectivity index (χ3v) is 5.38. The van der Waals surface area contributed by atoms with Gasteiger partial charge in [0.2, 0.25) is 5.91 Å². The van der Waals surface area contributed by atoms with Crippen LogP contribution in [-0.4, -0.2) is 50.6 Å². The van der Waals surface area contributed by atoms with Crippen LogP contribution in [-0.2, 0) is 9.59 Å². The van der Waals surface area contributed by atoms with Crippen molar-refractivity contribution in [3.8, 4) is 11.4 Å². The van der Waals surface area contributed by atoms with E-state index in [-0.39, 0.29) is 12.3 Å². The molecule has 0 spiro atoms. The Labute approximate surface area is 195 Å². The number of carboxylic acids is 1. The molecule has 0 fully saturated rings. The summed E-state index contributed by atoms with van der Waals surface area (Å²) >= 11 is 6.10. The highest BCUT2D eigenvalue weighted by Gasteiger charge is 2.30. The third kappa shape index (κ3) is 4.73. The van der Waals surface area contributed by atoms with Gasteiger partial charge >= 0.3 is 5.97 Å². The molecule has 0 aliphatic carbocycles. The molecule has 1 aromatic heterocycles. The summed E-state index contributed by atoms with van der Waals surface area (Å²) in [6.07, 6.45) is 0.0966. The lowest BCUT2D eigenvalue weighted by atomic mass is 10.00. The van der Waals surface area contributed by atoms with Crippen molar-refractivity contribution in [3.05, 3.63) is 70.3 Å². The number of carbonyl (C=O) groups excluding carboxylic acids is 1. The van der Waals surface area contributed by atoms with Crippen molar-refractivity contribution in [2.75, 3.05) is 13.2 Å². The van der Waals surface area contributed by atoms with E-state index in [4.69, 9.17) is 26.4 Å². The summed E-state index contributed by atoms with van der Waals surface area (Å²) in [7, 11) is 0. The number of amides is 1. The fourth-order valence-electron chi connectivity index (χ4n) is 3.73. The first kappa shape index (κ1) is 22.5. The molecule has 1 aliphatic heterocycles. The van der Waals surface area contributed by atoms with Gasteiger partial charge in [-0.1, -0.05) is 23.7 Å². The molecule has 3 aromatic rings. The van der Waals surface area contributed by atoms with E-state index in [0.29, 0.717) is 40.2 Å². The van der Waals surface area contributed by atoms with Gasteiger partial charge in [0.25, 0.3) is 0 Å². The molecule has 1 aliphatic rings. The number of nitrogens with one attached hydrogen (secondary N) is 1. The largest absolute Gasteiger partial charge is 0.482 e. The number of nitrogens with zero attached hydrogens (tertiary/aromatic N) is 4. The van der Waals surface area contributed by atoms with Crippen molar-refractivity contribution in [2.24, 2.45) is 4.99 Å². The maximum atomic E-state index is 12.5. The van der Waals surface area contributed by atoms with Gasteiger partial charge in [-0.05, 0) is 44.2 Å². The first-order valence-corrected chi connectivity index (χ1v) is 10.8. The molecule has 10 heteroatoms. The van der Waals surface area contributed by atoms with Gasteiger partial charge in [0, 0.05) is 22.7 Å². The number of aliphatic carboxylic acids is 1. The smallest absolute Gasteiger partial charge is 0.341 e. The Balaban J connectivity index is 1.91. The van der Waals surface area contributed by atoms with Gasteiger partial charge in [-0.2, -0.15) is 0 Å². The summed E-state index contributed by atoms with van der Waals surface area (Å²) in [5.41, 5.74) is 2.85. The monoisotopic (exact) mass is 467 g/mol. The molecule has 170 valence electrons. The average molecular weight is 468 g/mol. The Hall–Kier alpha value is -3.72. The molecule has 0 saturated heterocycles. The van der Waals surface area contributed by atoms with Crippen molar-refractivity contribution >= 4 is 29.2 Å². The minimum atomic E-state index is -1.07. The van der Waals surface area contributed by atoms with Crippen LogP contribution in [0.4, 0.5) is 0 Å². The summed E-state index contributed by atoms with van der Waals surface area (Å²) in [6.45, 7) is 3.72. The zero-order valence-corrected chi connectivity index (χ0v) is 18.8. The Morgan fingerprint density at radius 1 is 1.18 bits per heavy atom. The number of halogens is 1. The molecule has 1 amide bonds. The minimum absolute atomic E-state index is 0.0966. The zero-order chi connectivity index (χ0) is 23.5. The highest BCUT2D eigenvalue weighted by Crippen LogP contribution is 2.34. The van der Waals surface area contributed by atoms with E-state index >= 15 is 0 Å². The second-order valence-corrected chi connectivity index (χ2v) is 7.90. The number of benzene rings is 2. The van der Waals surface area contributed by atoms with Crippen molar-refractivity contribution < 1.29 is 19.4 Å². The van der Waals surface area contributed by atoms with Gasteiger partial charge in [0.05, 0.1) is 17.8 Å². The summed E-state index contributed by atoms with van der Waals surface area (Å²) in [4.78, 5) is 28.4. The number of hydrogen-bond acceptors (Lipinski definition) is 6. The fourth-order valence-corrected chi connectivity index (χ4v) is 3.86. The average Bonchev–Trinajstić information content (AvgIpc) is 3.11. The van der Waals surface area contributed by atoms with Crippen LogP contribution in [0.2, 0.25) is 5.02 Å². The molecule has 1 atom stereocenters. The Kier molecular flexibility index (Phi) is 6.41. The number of aryl methyl sites for hydroxylation is 1. The lowest BCUT2D eigenvalue weighted by Gasteiger charge is -2.14. The van der Waals surface area contributed by atoms with Gasteiger partial charge in [-0.25, -0.2) is 4.79 Å². The lowest BCUT2D eigenvalue weighted by molar-refractivity contribution is -0.139. The van der Waals surface area contributed by atoms with Crippen LogP contribution < -0.4 is 10.1 Å². The van der Waals surface area contributed by atoms with Crippen molar-refractivity contribution in [2.45, 2.75) is 26.3 Å². The van der Waals surface area contributed by atoms with E-state index < -0.39 is 18.6 Å². The molecular formula is C23H22ClN5O4. The number of ether oxygens (including phenoxy) is 1. The Bertz CT molecular complexity index is 1240. The molecule has 0 saturated carbocycles. The van der Waals surface area contributed by atoms with Gasteiger partial charge in [0.1, 0.15) is 17.6 Å². The van der Waals surface area contributed by atoms with Crippen molar-refractivity contribution in [3.63, 3.8) is 0 Å². The molecule has 2 N–H and O–H groups in total. The predicted octanol–water partition coefficient (Wildman–Crippen LogP) is 3.11. The van der Waals surface area contributed by atoms with Crippen LogP contribution in [0.25, 0.3) is 5.69 Å². The molecule has 0 radical (unpaired) electrons. The van der Waals surface area contributed by atoms with E-state index in [1.165, 1.54) is 0 Å². The van der Waals surface area contributed by atoms with Crippen molar-refractivity contribution in [1.29, 1.82) is 0 Å². The molecule has 2 aromatic carbocycles. The maximum Gasteiger partial charge on any atom is 0.341 e.